The van der Waals surface area contributed by atoms with Gasteiger partial charge < -0.3 is 5.32 Å². The Morgan fingerprint density at radius 1 is 1.47 bits per heavy atom. The number of rotatable bonds is 3. The third-order valence-corrected chi connectivity index (χ3v) is 3.23. The Morgan fingerprint density at radius 2 is 2.27 bits per heavy atom. The molecule has 1 aromatic carbocycles. The molecule has 1 aliphatic carbocycles. The fraction of sp³-hybridized carbons (Fsp3) is 0.462. The summed E-state index contributed by atoms with van der Waals surface area (Å²) in [7, 11) is 0. The summed E-state index contributed by atoms with van der Waals surface area (Å²) < 4.78 is 0. The number of hydrogen-bond donors (Lipinski definition) is 1. The van der Waals surface area contributed by atoms with Gasteiger partial charge in [0.1, 0.15) is 0 Å². The van der Waals surface area contributed by atoms with Crippen LogP contribution in [0.5, 0.6) is 0 Å². The van der Waals surface area contributed by atoms with E-state index in [0.717, 1.165) is 12.1 Å². The lowest BCUT2D eigenvalue weighted by Crippen LogP contribution is -2.47. The zero-order valence-corrected chi connectivity index (χ0v) is 9.09. The summed E-state index contributed by atoms with van der Waals surface area (Å²) in [4.78, 5) is 0. The summed E-state index contributed by atoms with van der Waals surface area (Å²) in [6, 6.07) is 9.97. The third kappa shape index (κ3) is 2.37. The molecule has 0 atom stereocenters. The number of hydrogen-bond acceptors (Lipinski definition) is 2. The SMILES string of the molecule is CC1(NCc2cccc(C#N)c2)CCC1. The molecule has 1 aromatic rings. The summed E-state index contributed by atoms with van der Waals surface area (Å²) >= 11 is 0. The molecule has 1 aliphatic rings. The highest BCUT2D eigenvalue weighted by Crippen LogP contribution is 2.31. The van der Waals surface area contributed by atoms with Gasteiger partial charge in [-0.2, -0.15) is 5.26 Å². The quantitative estimate of drug-likeness (QED) is 0.814. The van der Waals surface area contributed by atoms with E-state index in [2.05, 4.69) is 24.4 Å². The molecular weight excluding hydrogens is 184 g/mol. The van der Waals surface area contributed by atoms with Crippen molar-refractivity contribution in [1.82, 2.24) is 5.32 Å². The van der Waals surface area contributed by atoms with Crippen LogP contribution in [0.25, 0.3) is 0 Å². The highest BCUT2D eigenvalue weighted by molar-refractivity contribution is 5.32. The summed E-state index contributed by atoms with van der Waals surface area (Å²) in [5.41, 5.74) is 2.28. The topological polar surface area (TPSA) is 35.8 Å². The Morgan fingerprint density at radius 3 is 2.87 bits per heavy atom. The first-order valence-electron chi connectivity index (χ1n) is 5.46. The Bertz CT molecular complexity index is 386. The monoisotopic (exact) mass is 200 g/mol. The van der Waals surface area contributed by atoms with Crippen LogP contribution in [-0.4, -0.2) is 5.54 Å². The molecule has 0 aromatic heterocycles. The Balaban J connectivity index is 1.96. The van der Waals surface area contributed by atoms with E-state index in [0.29, 0.717) is 5.54 Å². The van der Waals surface area contributed by atoms with Crippen molar-refractivity contribution in [2.45, 2.75) is 38.3 Å². The summed E-state index contributed by atoms with van der Waals surface area (Å²) in [6.45, 7) is 3.14. The van der Waals surface area contributed by atoms with Crippen molar-refractivity contribution in [2.75, 3.05) is 0 Å². The molecule has 0 saturated heterocycles. The van der Waals surface area contributed by atoms with Gasteiger partial charge in [0.05, 0.1) is 11.6 Å². The number of nitrogens with one attached hydrogen (secondary N) is 1. The maximum Gasteiger partial charge on any atom is 0.0991 e. The molecule has 15 heavy (non-hydrogen) atoms. The van der Waals surface area contributed by atoms with Crippen molar-refractivity contribution in [3.63, 3.8) is 0 Å². The maximum absolute atomic E-state index is 8.78. The van der Waals surface area contributed by atoms with Crippen LogP contribution < -0.4 is 5.32 Å². The van der Waals surface area contributed by atoms with Gasteiger partial charge in [0.2, 0.25) is 0 Å². The van der Waals surface area contributed by atoms with Crippen LogP contribution in [-0.2, 0) is 6.54 Å². The minimum atomic E-state index is 0.336. The molecule has 1 N–H and O–H groups in total. The van der Waals surface area contributed by atoms with Crippen molar-refractivity contribution in [2.24, 2.45) is 0 Å². The first-order chi connectivity index (χ1) is 7.22. The minimum absolute atomic E-state index is 0.336. The highest BCUT2D eigenvalue weighted by Gasteiger charge is 2.30. The van der Waals surface area contributed by atoms with E-state index in [1.807, 2.05) is 18.2 Å². The average molecular weight is 200 g/mol. The summed E-state index contributed by atoms with van der Waals surface area (Å²) in [6.07, 6.45) is 3.87. The van der Waals surface area contributed by atoms with Crippen LogP contribution in [0, 0.1) is 11.3 Å². The van der Waals surface area contributed by atoms with Crippen molar-refractivity contribution in [3.8, 4) is 6.07 Å². The molecule has 2 heteroatoms. The van der Waals surface area contributed by atoms with Gasteiger partial charge in [0.15, 0.2) is 0 Å². The van der Waals surface area contributed by atoms with E-state index in [1.54, 1.807) is 0 Å². The molecule has 0 radical (unpaired) electrons. The van der Waals surface area contributed by atoms with Gasteiger partial charge in [0.25, 0.3) is 0 Å². The maximum atomic E-state index is 8.78. The van der Waals surface area contributed by atoms with E-state index in [4.69, 9.17) is 5.26 Å². The highest BCUT2D eigenvalue weighted by atomic mass is 15.0. The van der Waals surface area contributed by atoms with Crippen molar-refractivity contribution >= 4 is 0 Å². The molecular formula is C13H16N2. The standard InChI is InChI=1S/C13H16N2/c1-13(6-3-7-13)15-10-12-5-2-4-11(8-12)9-14/h2,4-5,8,15H,3,6-7,10H2,1H3. The second-order valence-electron chi connectivity index (χ2n) is 4.58. The zero-order valence-electron chi connectivity index (χ0n) is 9.09. The summed E-state index contributed by atoms with van der Waals surface area (Å²) in [5.74, 6) is 0. The van der Waals surface area contributed by atoms with Crippen LogP contribution in [0.3, 0.4) is 0 Å². The minimum Gasteiger partial charge on any atom is -0.307 e. The normalized spacial score (nSPS) is 17.9. The Labute approximate surface area is 90.9 Å². The van der Waals surface area contributed by atoms with Gasteiger partial charge in [-0.3, -0.25) is 0 Å². The molecule has 0 unspecified atom stereocenters. The lowest BCUT2D eigenvalue weighted by Gasteiger charge is -2.39. The molecule has 0 amide bonds. The van der Waals surface area contributed by atoms with E-state index in [1.165, 1.54) is 24.8 Å². The Hall–Kier alpha value is -1.33. The molecule has 78 valence electrons. The Kier molecular flexibility index (Phi) is 2.75. The van der Waals surface area contributed by atoms with Crippen molar-refractivity contribution < 1.29 is 0 Å². The molecule has 2 rings (SSSR count). The molecule has 0 aliphatic heterocycles. The third-order valence-electron chi connectivity index (χ3n) is 3.23. The van der Waals surface area contributed by atoms with Crippen molar-refractivity contribution in [3.05, 3.63) is 35.4 Å². The fourth-order valence-electron chi connectivity index (χ4n) is 1.95. The number of nitrogens with zero attached hydrogens (tertiary/aromatic N) is 1. The number of benzene rings is 1. The second-order valence-corrected chi connectivity index (χ2v) is 4.58. The van der Waals surface area contributed by atoms with E-state index >= 15 is 0 Å². The smallest absolute Gasteiger partial charge is 0.0991 e. The molecule has 1 saturated carbocycles. The average Bonchev–Trinajstić information content (AvgIpc) is 2.24. The van der Waals surface area contributed by atoms with E-state index < -0.39 is 0 Å². The van der Waals surface area contributed by atoms with Gasteiger partial charge in [0, 0.05) is 12.1 Å². The predicted molar refractivity (Wildman–Crippen MR) is 60.3 cm³/mol. The zero-order chi connectivity index (χ0) is 10.7. The van der Waals surface area contributed by atoms with Crippen LogP contribution in [0.4, 0.5) is 0 Å². The first-order valence-corrected chi connectivity index (χ1v) is 5.46. The molecule has 0 spiro atoms. The van der Waals surface area contributed by atoms with Crippen LogP contribution in [0.2, 0.25) is 0 Å². The molecule has 0 bridgehead atoms. The van der Waals surface area contributed by atoms with E-state index in [9.17, 15) is 0 Å². The fourth-order valence-corrected chi connectivity index (χ4v) is 1.95. The molecule has 0 heterocycles. The van der Waals surface area contributed by atoms with E-state index in [-0.39, 0.29) is 0 Å². The van der Waals surface area contributed by atoms with Gasteiger partial charge in [-0.1, -0.05) is 12.1 Å². The lowest BCUT2D eigenvalue weighted by atomic mass is 9.78. The van der Waals surface area contributed by atoms with Crippen molar-refractivity contribution in [1.29, 1.82) is 5.26 Å². The van der Waals surface area contributed by atoms with Crippen LogP contribution in [0.15, 0.2) is 24.3 Å². The van der Waals surface area contributed by atoms with Gasteiger partial charge in [-0.05, 0) is 43.9 Å². The van der Waals surface area contributed by atoms with Gasteiger partial charge in [-0.25, -0.2) is 0 Å². The van der Waals surface area contributed by atoms with Gasteiger partial charge in [-0.15, -0.1) is 0 Å². The lowest BCUT2D eigenvalue weighted by molar-refractivity contribution is 0.207. The summed E-state index contributed by atoms with van der Waals surface area (Å²) in [5, 5.41) is 12.3. The molecule has 2 nitrogen and oxygen atoms in total. The first kappa shape index (κ1) is 10.2. The van der Waals surface area contributed by atoms with Crippen LogP contribution in [0.1, 0.15) is 37.3 Å². The second kappa shape index (κ2) is 4.04. The number of nitriles is 1. The largest absolute Gasteiger partial charge is 0.307 e. The molecule has 1 fully saturated rings. The van der Waals surface area contributed by atoms with Crippen LogP contribution >= 0.6 is 0 Å². The predicted octanol–water partition coefficient (Wildman–Crippen LogP) is 2.59. The van der Waals surface area contributed by atoms with Gasteiger partial charge >= 0.3 is 0 Å².